The minimum atomic E-state index is 0.671. The Hall–Kier alpha value is -1.06. The molecular weight excluding hydrogens is 276 g/mol. The normalized spacial score (nSPS) is 10.8. The summed E-state index contributed by atoms with van der Waals surface area (Å²) < 4.78 is 16.4. The van der Waals surface area contributed by atoms with Crippen LogP contribution in [-0.4, -0.2) is 26.9 Å². The van der Waals surface area contributed by atoms with Crippen molar-refractivity contribution in [1.29, 1.82) is 0 Å². The molecule has 0 unspecified atom stereocenters. The van der Waals surface area contributed by atoms with Gasteiger partial charge in [-0.15, -0.1) is 0 Å². The first-order valence-electron chi connectivity index (χ1n) is 8.65. The topological polar surface area (TPSA) is 27.7 Å². The first-order valence-corrected chi connectivity index (χ1v) is 8.65. The van der Waals surface area contributed by atoms with Gasteiger partial charge in [-0.2, -0.15) is 0 Å². The van der Waals surface area contributed by atoms with Gasteiger partial charge in [0, 0.05) is 20.3 Å². The van der Waals surface area contributed by atoms with E-state index in [0.29, 0.717) is 6.61 Å². The molecule has 0 N–H and O–H groups in total. The van der Waals surface area contributed by atoms with Crippen LogP contribution in [0.1, 0.15) is 57.4 Å². The number of unbranched alkanes of at least 4 members (excludes halogenated alkanes) is 5. The molecule has 0 saturated carbocycles. The smallest absolute Gasteiger partial charge is 0.119 e. The van der Waals surface area contributed by atoms with E-state index in [9.17, 15) is 0 Å². The van der Waals surface area contributed by atoms with Crippen LogP contribution in [0.4, 0.5) is 0 Å². The van der Waals surface area contributed by atoms with Crippen molar-refractivity contribution >= 4 is 0 Å². The monoisotopic (exact) mass is 308 g/mol. The van der Waals surface area contributed by atoms with E-state index in [1.165, 1.54) is 31.2 Å². The van der Waals surface area contributed by atoms with Gasteiger partial charge >= 0.3 is 0 Å². The Morgan fingerprint density at radius 2 is 1.45 bits per heavy atom. The van der Waals surface area contributed by atoms with Gasteiger partial charge in [0.25, 0.3) is 0 Å². The lowest BCUT2D eigenvalue weighted by Crippen LogP contribution is -1.99. The van der Waals surface area contributed by atoms with E-state index in [-0.39, 0.29) is 0 Å². The van der Waals surface area contributed by atoms with Crippen molar-refractivity contribution in [2.75, 3.05) is 26.9 Å². The van der Waals surface area contributed by atoms with Gasteiger partial charge in [-0.1, -0.05) is 44.7 Å². The van der Waals surface area contributed by atoms with Gasteiger partial charge in [0.1, 0.15) is 5.75 Å². The quantitative estimate of drug-likeness (QED) is 0.454. The summed E-state index contributed by atoms with van der Waals surface area (Å²) in [7, 11) is 1.73. The molecule has 0 aliphatic heterocycles. The fourth-order valence-electron chi connectivity index (χ4n) is 2.22. The summed E-state index contributed by atoms with van der Waals surface area (Å²) in [5, 5.41) is 0. The van der Waals surface area contributed by atoms with E-state index in [1.807, 2.05) is 12.1 Å². The lowest BCUT2D eigenvalue weighted by molar-refractivity contribution is 0.108. The Labute approximate surface area is 136 Å². The van der Waals surface area contributed by atoms with Crippen LogP contribution in [0, 0.1) is 0 Å². The van der Waals surface area contributed by atoms with Crippen LogP contribution in [0.25, 0.3) is 0 Å². The van der Waals surface area contributed by atoms with E-state index in [2.05, 4.69) is 19.1 Å². The van der Waals surface area contributed by atoms with Crippen molar-refractivity contribution in [2.45, 2.75) is 58.5 Å². The third-order valence-corrected chi connectivity index (χ3v) is 3.60. The highest BCUT2D eigenvalue weighted by Gasteiger charge is 1.97. The highest BCUT2D eigenvalue weighted by Crippen LogP contribution is 2.14. The van der Waals surface area contributed by atoms with E-state index in [4.69, 9.17) is 14.2 Å². The number of ether oxygens (including phenoxy) is 3. The van der Waals surface area contributed by atoms with Crippen molar-refractivity contribution in [2.24, 2.45) is 0 Å². The second kappa shape index (κ2) is 13.6. The van der Waals surface area contributed by atoms with E-state index in [1.54, 1.807) is 7.11 Å². The maximum atomic E-state index is 5.76. The molecule has 0 amide bonds. The Morgan fingerprint density at radius 3 is 2.18 bits per heavy atom. The molecule has 1 rings (SSSR count). The molecule has 0 saturated heterocycles. The summed E-state index contributed by atoms with van der Waals surface area (Å²) in [5.41, 5.74) is 1.20. The van der Waals surface area contributed by atoms with Gasteiger partial charge in [0.15, 0.2) is 0 Å². The van der Waals surface area contributed by atoms with Crippen molar-refractivity contribution in [3.8, 4) is 5.75 Å². The lowest BCUT2D eigenvalue weighted by Gasteiger charge is -2.08. The molecule has 0 atom stereocenters. The molecule has 22 heavy (non-hydrogen) atoms. The van der Waals surface area contributed by atoms with E-state index < -0.39 is 0 Å². The molecule has 0 radical (unpaired) electrons. The number of hydrogen-bond donors (Lipinski definition) is 0. The van der Waals surface area contributed by atoms with E-state index >= 15 is 0 Å². The zero-order valence-corrected chi connectivity index (χ0v) is 14.3. The van der Waals surface area contributed by atoms with Crippen molar-refractivity contribution in [1.82, 2.24) is 0 Å². The summed E-state index contributed by atoms with van der Waals surface area (Å²) in [5.74, 6) is 0.958. The van der Waals surface area contributed by atoms with Crippen LogP contribution in [-0.2, 0) is 16.1 Å². The molecule has 0 spiro atoms. The van der Waals surface area contributed by atoms with Gasteiger partial charge in [0.05, 0.1) is 13.2 Å². The number of hydrogen-bond acceptors (Lipinski definition) is 3. The van der Waals surface area contributed by atoms with Crippen LogP contribution in [0.2, 0.25) is 0 Å². The van der Waals surface area contributed by atoms with Gasteiger partial charge in [-0.25, -0.2) is 0 Å². The van der Waals surface area contributed by atoms with Gasteiger partial charge in [0.2, 0.25) is 0 Å². The number of methoxy groups -OCH3 is 1. The second-order valence-corrected chi connectivity index (χ2v) is 5.66. The van der Waals surface area contributed by atoms with Crippen LogP contribution in [0.5, 0.6) is 5.75 Å². The molecule has 0 heterocycles. The Morgan fingerprint density at radius 1 is 0.773 bits per heavy atom. The molecule has 0 fully saturated rings. The third-order valence-electron chi connectivity index (χ3n) is 3.60. The molecule has 0 aliphatic carbocycles. The highest BCUT2D eigenvalue weighted by molar-refractivity contribution is 5.26. The standard InChI is InChI=1S/C19H32O3/c1-3-4-5-6-7-16-22-19-12-10-18(11-13-19)17-21-15-9-8-14-20-2/h10-13H,3-9,14-17H2,1-2H3. The molecule has 126 valence electrons. The molecule has 0 aromatic heterocycles. The summed E-state index contributed by atoms with van der Waals surface area (Å²) in [6, 6.07) is 8.24. The zero-order valence-electron chi connectivity index (χ0n) is 14.3. The molecule has 1 aromatic carbocycles. The fraction of sp³-hybridized carbons (Fsp3) is 0.684. The lowest BCUT2D eigenvalue weighted by atomic mass is 10.2. The molecule has 3 nitrogen and oxygen atoms in total. The molecule has 0 aliphatic rings. The molecule has 3 heteroatoms. The Balaban J connectivity index is 2.07. The predicted octanol–water partition coefficient (Wildman–Crippen LogP) is 4.98. The number of rotatable bonds is 14. The summed E-state index contributed by atoms with van der Waals surface area (Å²) in [6.07, 6.45) is 8.46. The average molecular weight is 308 g/mol. The van der Waals surface area contributed by atoms with Gasteiger partial charge in [-0.05, 0) is 37.0 Å². The number of benzene rings is 1. The molecule has 1 aromatic rings. The van der Waals surface area contributed by atoms with Crippen LogP contribution >= 0.6 is 0 Å². The van der Waals surface area contributed by atoms with Crippen molar-refractivity contribution in [3.05, 3.63) is 29.8 Å². The minimum Gasteiger partial charge on any atom is -0.494 e. The van der Waals surface area contributed by atoms with Crippen LogP contribution < -0.4 is 4.74 Å². The maximum absolute atomic E-state index is 5.76. The van der Waals surface area contributed by atoms with Crippen molar-refractivity contribution < 1.29 is 14.2 Å². The Bertz CT molecular complexity index is 313. The Kier molecular flexibility index (Phi) is 11.7. The molecule has 0 bridgehead atoms. The first-order chi connectivity index (χ1) is 10.9. The summed E-state index contributed by atoms with van der Waals surface area (Å²) >= 11 is 0. The van der Waals surface area contributed by atoms with Crippen LogP contribution in [0.3, 0.4) is 0 Å². The van der Waals surface area contributed by atoms with Gasteiger partial charge < -0.3 is 14.2 Å². The van der Waals surface area contributed by atoms with Gasteiger partial charge in [-0.3, -0.25) is 0 Å². The maximum Gasteiger partial charge on any atom is 0.119 e. The fourth-order valence-corrected chi connectivity index (χ4v) is 2.22. The zero-order chi connectivity index (χ0) is 15.9. The largest absolute Gasteiger partial charge is 0.494 e. The van der Waals surface area contributed by atoms with E-state index in [0.717, 1.165) is 44.8 Å². The second-order valence-electron chi connectivity index (χ2n) is 5.66. The predicted molar refractivity (Wildman–Crippen MR) is 91.5 cm³/mol. The third kappa shape index (κ3) is 9.80. The summed E-state index contributed by atoms with van der Waals surface area (Å²) in [4.78, 5) is 0. The van der Waals surface area contributed by atoms with Crippen LogP contribution in [0.15, 0.2) is 24.3 Å². The molecular formula is C19H32O3. The first kappa shape index (κ1) is 19.0. The highest BCUT2D eigenvalue weighted by atomic mass is 16.5. The average Bonchev–Trinajstić information content (AvgIpc) is 2.55. The van der Waals surface area contributed by atoms with Crippen molar-refractivity contribution in [3.63, 3.8) is 0 Å². The SMILES string of the molecule is CCCCCCCOc1ccc(COCCCCOC)cc1. The minimum absolute atomic E-state index is 0.671. The summed E-state index contributed by atoms with van der Waals surface area (Å²) in [6.45, 7) is 5.33.